The fourth-order valence-electron chi connectivity index (χ4n) is 10.8. The SMILES string of the molecule is c1ccc(-n2c3ccccc3c3ccc(C(CCc4ccc5c(c4)C(c4ccccc4)(c4ccccc4)c4c-5ccc5ccccc45)c4ccc5ccccc5c4)cc32)cc1. The van der Waals surface area contributed by atoms with E-state index in [0.29, 0.717) is 0 Å². The van der Waals surface area contributed by atoms with Crippen LogP contribution in [0.3, 0.4) is 0 Å². The van der Waals surface area contributed by atoms with Gasteiger partial charge in [-0.15, -0.1) is 0 Å². The van der Waals surface area contributed by atoms with Crippen molar-refractivity contribution in [2.75, 3.05) is 0 Å². The van der Waals surface area contributed by atoms with Crippen LogP contribution in [-0.4, -0.2) is 4.57 Å². The van der Waals surface area contributed by atoms with Crippen LogP contribution in [0.5, 0.6) is 0 Å². The molecule has 1 aromatic heterocycles. The van der Waals surface area contributed by atoms with Crippen molar-refractivity contribution in [1.29, 1.82) is 0 Å². The Morgan fingerprint density at radius 1 is 0.393 bits per heavy atom. The van der Waals surface area contributed by atoms with E-state index in [1.807, 2.05) is 0 Å². The standard InChI is InChI=1S/C60H43N/c1-4-19-47(20-5-1)60(48-21-6-2-7-22-48)56-38-41(29-35-52(56)55-37-32-43-17-12-13-25-51(43)59(55)60)28-34-50(45-31-30-42-16-10-11-18-44(42)39-45)46-33-36-54-53-26-14-15-27-57(53)61(58(54)40-46)49-23-8-3-9-24-49/h1-27,29-33,35-40,50H,28,34H2. The maximum absolute atomic E-state index is 2.55. The van der Waals surface area contributed by atoms with Crippen LogP contribution in [0.25, 0.3) is 60.2 Å². The molecular formula is C60H43N. The molecule has 1 aliphatic carbocycles. The Hall–Kier alpha value is -7.48. The molecule has 0 radical (unpaired) electrons. The van der Waals surface area contributed by atoms with Gasteiger partial charge in [0.05, 0.1) is 16.4 Å². The van der Waals surface area contributed by atoms with E-state index in [2.05, 4.69) is 235 Å². The molecule has 61 heavy (non-hydrogen) atoms. The zero-order chi connectivity index (χ0) is 40.3. The molecule has 1 nitrogen and oxygen atoms in total. The maximum Gasteiger partial charge on any atom is 0.0719 e. The summed E-state index contributed by atoms with van der Waals surface area (Å²) in [7, 11) is 0. The molecule has 12 rings (SSSR count). The van der Waals surface area contributed by atoms with E-state index in [0.717, 1.165) is 12.8 Å². The number of benzene rings is 10. The first-order valence-electron chi connectivity index (χ1n) is 21.6. The summed E-state index contributed by atoms with van der Waals surface area (Å²) in [5.74, 6) is 0.179. The first-order valence-corrected chi connectivity index (χ1v) is 21.6. The van der Waals surface area contributed by atoms with Gasteiger partial charge in [-0.3, -0.25) is 0 Å². The van der Waals surface area contributed by atoms with Gasteiger partial charge in [-0.25, -0.2) is 0 Å². The number of nitrogens with zero attached hydrogens (tertiary/aromatic N) is 1. The van der Waals surface area contributed by atoms with Crippen molar-refractivity contribution in [3.8, 4) is 16.8 Å². The fourth-order valence-corrected chi connectivity index (χ4v) is 10.8. The molecule has 0 bridgehead atoms. The van der Waals surface area contributed by atoms with E-state index in [1.54, 1.807) is 0 Å². The second-order valence-corrected chi connectivity index (χ2v) is 16.7. The van der Waals surface area contributed by atoms with Gasteiger partial charge in [-0.1, -0.05) is 206 Å². The van der Waals surface area contributed by atoms with Gasteiger partial charge in [0.2, 0.25) is 0 Å². The van der Waals surface area contributed by atoms with Crippen molar-refractivity contribution in [2.45, 2.75) is 24.2 Å². The van der Waals surface area contributed by atoms with Gasteiger partial charge in [0.15, 0.2) is 0 Å². The summed E-state index contributed by atoms with van der Waals surface area (Å²) in [6, 6.07) is 86.2. The van der Waals surface area contributed by atoms with Gasteiger partial charge in [0.25, 0.3) is 0 Å². The molecular weight excluding hydrogens is 735 g/mol. The minimum atomic E-state index is -0.475. The molecule has 10 aromatic carbocycles. The zero-order valence-electron chi connectivity index (χ0n) is 33.9. The van der Waals surface area contributed by atoms with Crippen molar-refractivity contribution in [1.82, 2.24) is 4.57 Å². The smallest absolute Gasteiger partial charge is 0.0719 e. The second kappa shape index (κ2) is 14.4. The highest BCUT2D eigenvalue weighted by Gasteiger charge is 2.47. The lowest BCUT2D eigenvalue weighted by atomic mass is 9.66. The fraction of sp³-hybridized carbons (Fsp3) is 0.0667. The molecule has 0 saturated carbocycles. The average Bonchev–Trinajstić information content (AvgIpc) is 3.83. The molecule has 1 unspecified atom stereocenters. The molecule has 1 heterocycles. The monoisotopic (exact) mass is 777 g/mol. The topological polar surface area (TPSA) is 4.93 Å². The number of rotatable bonds is 8. The molecule has 0 saturated heterocycles. The van der Waals surface area contributed by atoms with Crippen LogP contribution in [0.15, 0.2) is 231 Å². The predicted octanol–water partition coefficient (Wildman–Crippen LogP) is 15.2. The first-order chi connectivity index (χ1) is 30.3. The lowest BCUT2D eigenvalue weighted by Gasteiger charge is -2.35. The quantitative estimate of drug-likeness (QED) is 0.145. The van der Waals surface area contributed by atoms with E-state index in [9.17, 15) is 0 Å². The highest BCUT2D eigenvalue weighted by Crippen LogP contribution is 2.58. The third-order valence-corrected chi connectivity index (χ3v) is 13.5. The summed E-state index contributed by atoms with van der Waals surface area (Å²) in [4.78, 5) is 0. The van der Waals surface area contributed by atoms with Crippen LogP contribution in [0.1, 0.15) is 51.3 Å². The summed E-state index contributed by atoms with van der Waals surface area (Å²) in [6.45, 7) is 0. The van der Waals surface area contributed by atoms with E-state index in [4.69, 9.17) is 0 Å². The third kappa shape index (κ3) is 5.61. The minimum Gasteiger partial charge on any atom is -0.309 e. The number of para-hydroxylation sites is 2. The lowest BCUT2D eigenvalue weighted by molar-refractivity contribution is 0.713. The molecule has 0 N–H and O–H groups in total. The minimum absolute atomic E-state index is 0.179. The van der Waals surface area contributed by atoms with Gasteiger partial charge < -0.3 is 4.57 Å². The predicted molar refractivity (Wildman–Crippen MR) is 256 cm³/mol. The number of aryl methyl sites for hydroxylation is 1. The van der Waals surface area contributed by atoms with Gasteiger partial charge in [-0.2, -0.15) is 0 Å². The molecule has 0 aliphatic heterocycles. The zero-order valence-corrected chi connectivity index (χ0v) is 33.9. The van der Waals surface area contributed by atoms with E-state index < -0.39 is 5.41 Å². The van der Waals surface area contributed by atoms with Gasteiger partial charge in [-0.05, 0) is 109 Å². The van der Waals surface area contributed by atoms with Crippen LogP contribution in [-0.2, 0) is 11.8 Å². The molecule has 11 aromatic rings. The van der Waals surface area contributed by atoms with Gasteiger partial charge >= 0.3 is 0 Å². The number of aromatic nitrogens is 1. The molecule has 0 spiro atoms. The van der Waals surface area contributed by atoms with Gasteiger partial charge in [0.1, 0.15) is 0 Å². The highest BCUT2D eigenvalue weighted by molar-refractivity contribution is 6.09. The number of hydrogen-bond donors (Lipinski definition) is 0. The van der Waals surface area contributed by atoms with E-state index in [1.165, 1.54) is 99.1 Å². The van der Waals surface area contributed by atoms with Crippen molar-refractivity contribution in [2.24, 2.45) is 0 Å². The molecule has 1 heteroatoms. The summed E-state index contributed by atoms with van der Waals surface area (Å²) in [5, 5.41) is 7.69. The Kier molecular flexibility index (Phi) is 8.35. The summed E-state index contributed by atoms with van der Waals surface area (Å²) in [5.41, 5.74) is 15.2. The Morgan fingerprint density at radius 2 is 0.967 bits per heavy atom. The van der Waals surface area contributed by atoms with Gasteiger partial charge in [0, 0.05) is 22.4 Å². The third-order valence-electron chi connectivity index (χ3n) is 13.5. The lowest BCUT2D eigenvalue weighted by Crippen LogP contribution is -2.29. The normalized spacial score (nSPS) is 13.4. The highest BCUT2D eigenvalue weighted by atomic mass is 15.0. The number of fused-ring (bicyclic) bond motifs is 9. The Bertz CT molecular complexity index is 3370. The Morgan fingerprint density at radius 3 is 1.74 bits per heavy atom. The molecule has 1 aliphatic rings. The Labute approximate surface area is 356 Å². The Balaban J connectivity index is 1.03. The summed E-state index contributed by atoms with van der Waals surface area (Å²) < 4.78 is 2.44. The summed E-state index contributed by atoms with van der Waals surface area (Å²) >= 11 is 0. The van der Waals surface area contributed by atoms with Crippen molar-refractivity contribution < 1.29 is 0 Å². The van der Waals surface area contributed by atoms with Crippen LogP contribution in [0, 0.1) is 0 Å². The van der Waals surface area contributed by atoms with Crippen molar-refractivity contribution in [3.05, 3.63) is 269 Å². The van der Waals surface area contributed by atoms with Crippen LogP contribution >= 0.6 is 0 Å². The van der Waals surface area contributed by atoms with E-state index in [-0.39, 0.29) is 5.92 Å². The maximum atomic E-state index is 2.55. The van der Waals surface area contributed by atoms with Crippen LogP contribution in [0.2, 0.25) is 0 Å². The first kappa shape index (κ1) is 35.5. The second-order valence-electron chi connectivity index (χ2n) is 16.7. The van der Waals surface area contributed by atoms with Crippen LogP contribution < -0.4 is 0 Å². The average molecular weight is 778 g/mol. The van der Waals surface area contributed by atoms with Crippen molar-refractivity contribution in [3.63, 3.8) is 0 Å². The van der Waals surface area contributed by atoms with Crippen LogP contribution in [0.4, 0.5) is 0 Å². The van der Waals surface area contributed by atoms with E-state index >= 15 is 0 Å². The number of hydrogen-bond acceptors (Lipinski definition) is 0. The molecule has 0 fully saturated rings. The molecule has 1 atom stereocenters. The molecule has 288 valence electrons. The largest absolute Gasteiger partial charge is 0.309 e. The summed E-state index contributed by atoms with van der Waals surface area (Å²) in [6.07, 6.45) is 1.90. The molecule has 0 amide bonds. The van der Waals surface area contributed by atoms with Crippen molar-refractivity contribution >= 4 is 43.4 Å².